The Labute approximate surface area is 151 Å². The fraction of sp³-hybridized carbons (Fsp3) is 0.571. The standard InChI is InChI=1S/C21H30N2O2/c1-21(2,3)25-20(24)23-13-7-10-17-14-18(11-12-19(17)23)22-15-16-8-5-4-6-9-16/h4-5,11-12,14,16,22H,6-10,13,15H2,1-3H3. The van der Waals surface area contributed by atoms with Gasteiger partial charge in [-0.3, -0.25) is 4.90 Å². The Morgan fingerprint density at radius 2 is 2.16 bits per heavy atom. The first kappa shape index (κ1) is 17.8. The van der Waals surface area contributed by atoms with Crippen LogP contribution in [0.25, 0.3) is 0 Å². The summed E-state index contributed by atoms with van der Waals surface area (Å²) in [7, 11) is 0. The molecule has 4 heteroatoms. The molecule has 1 aromatic carbocycles. The molecule has 0 saturated carbocycles. The summed E-state index contributed by atoms with van der Waals surface area (Å²) >= 11 is 0. The average Bonchev–Trinajstić information content (AvgIpc) is 2.58. The van der Waals surface area contributed by atoms with E-state index in [1.54, 1.807) is 4.90 Å². The smallest absolute Gasteiger partial charge is 0.414 e. The van der Waals surface area contributed by atoms with Crippen molar-refractivity contribution in [2.45, 2.75) is 58.5 Å². The van der Waals surface area contributed by atoms with E-state index in [0.29, 0.717) is 0 Å². The van der Waals surface area contributed by atoms with E-state index in [9.17, 15) is 4.79 Å². The summed E-state index contributed by atoms with van der Waals surface area (Å²) in [6.07, 6.45) is 9.94. The second-order valence-corrected chi connectivity index (χ2v) is 8.11. The van der Waals surface area contributed by atoms with Crippen molar-refractivity contribution < 1.29 is 9.53 Å². The molecule has 1 heterocycles. The van der Waals surface area contributed by atoms with Crippen LogP contribution in [-0.4, -0.2) is 24.8 Å². The van der Waals surface area contributed by atoms with Gasteiger partial charge in [-0.25, -0.2) is 4.79 Å². The number of nitrogens with zero attached hydrogens (tertiary/aromatic N) is 1. The van der Waals surface area contributed by atoms with Crippen LogP contribution in [0.3, 0.4) is 0 Å². The van der Waals surface area contributed by atoms with Crippen molar-refractivity contribution in [3.8, 4) is 0 Å². The van der Waals surface area contributed by atoms with Crippen molar-refractivity contribution >= 4 is 17.5 Å². The van der Waals surface area contributed by atoms with Gasteiger partial charge < -0.3 is 10.1 Å². The zero-order valence-electron chi connectivity index (χ0n) is 15.7. The Hall–Kier alpha value is -1.97. The van der Waals surface area contributed by atoms with Crippen LogP contribution in [0.2, 0.25) is 0 Å². The Morgan fingerprint density at radius 1 is 1.32 bits per heavy atom. The second-order valence-electron chi connectivity index (χ2n) is 8.11. The molecule has 1 N–H and O–H groups in total. The predicted molar refractivity (Wildman–Crippen MR) is 103 cm³/mol. The highest BCUT2D eigenvalue weighted by Crippen LogP contribution is 2.31. The largest absolute Gasteiger partial charge is 0.443 e. The van der Waals surface area contributed by atoms with Gasteiger partial charge in [0.05, 0.1) is 5.69 Å². The van der Waals surface area contributed by atoms with E-state index in [0.717, 1.165) is 43.2 Å². The van der Waals surface area contributed by atoms with Crippen molar-refractivity contribution in [2.24, 2.45) is 5.92 Å². The van der Waals surface area contributed by atoms with Crippen LogP contribution in [-0.2, 0) is 11.2 Å². The van der Waals surface area contributed by atoms with Crippen molar-refractivity contribution in [3.63, 3.8) is 0 Å². The van der Waals surface area contributed by atoms with Gasteiger partial charge in [0, 0.05) is 18.8 Å². The maximum atomic E-state index is 12.5. The van der Waals surface area contributed by atoms with E-state index in [-0.39, 0.29) is 6.09 Å². The van der Waals surface area contributed by atoms with E-state index in [4.69, 9.17) is 4.74 Å². The minimum absolute atomic E-state index is 0.247. The van der Waals surface area contributed by atoms with Crippen LogP contribution in [0.15, 0.2) is 30.4 Å². The summed E-state index contributed by atoms with van der Waals surface area (Å²) in [6.45, 7) is 7.46. The SMILES string of the molecule is CC(C)(C)OC(=O)N1CCCc2cc(NCC3CC=CCC3)ccc21. The first-order chi connectivity index (χ1) is 11.9. The van der Waals surface area contributed by atoms with Crippen molar-refractivity contribution in [2.75, 3.05) is 23.3 Å². The first-order valence-electron chi connectivity index (χ1n) is 9.45. The molecule has 25 heavy (non-hydrogen) atoms. The Bertz CT molecular complexity index is 646. The van der Waals surface area contributed by atoms with E-state index in [1.807, 2.05) is 20.8 Å². The molecule has 0 fully saturated rings. The van der Waals surface area contributed by atoms with Crippen LogP contribution in [0, 0.1) is 5.92 Å². The van der Waals surface area contributed by atoms with Crippen molar-refractivity contribution in [1.29, 1.82) is 0 Å². The molecule has 4 nitrogen and oxygen atoms in total. The normalized spacial score (nSPS) is 20.1. The molecule has 3 rings (SSSR count). The van der Waals surface area contributed by atoms with Gasteiger partial charge in [0.25, 0.3) is 0 Å². The van der Waals surface area contributed by atoms with E-state index in [2.05, 4.69) is 35.7 Å². The van der Waals surface area contributed by atoms with Gasteiger partial charge in [0.1, 0.15) is 5.60 Å². The molecule has 1 aromatic rings. The third-order valence-corrected chi connectivity index (χ3v) is 4.78. The Morgan fingerprint density at radius 3 is 2.88 bits per heavy atom. The molecule has 1 aliphatic carbocycles. The van der Waals surface area contributed by atoms with Gasteiger partial charge in [-0.1, -0.05) is 12.2 Å². The molecule has 0 spiro atoms. The molecule has 1 amide bonds. The molecule has 1 unspecified atom stereocenters. The molecule has 2 aliphatic rings. The van der Waals surface area contributed by atoms with Crippen LogP contribution in [0.4, 0.5) is 16.2 Å². The summed E-state index contributed by atoms with van der Waals surface area (Å²) in [5.74, 6) is 0.722. The molecule has 0 saturated heterocycles. The number of carbonyl (C=O) groups is 1. The van der Waals surface area contributed by atoms with Gasteiger partial charge in [-0.2, -0.15) is 0 Å². The topological polar surface area (TPSA) is 41.6 Å². The number of benzene rings is 1. The van der Waals surface area contributed by atoms with Gasteiger partial charge in [0.15, 0.2) is 0 Å². The Balaban J connectivity index is 1.67. The number of carbonyl (C=O) groups excluding carboxylic acids is 1. The molecule has 0 radical (unpaired) electrons. The van der Waals surface area contributed by atoms with Crippen molar-refractivity contribution in [3.05, 3.63) is 35.9 Å². The van der Waals surface area contributed by atoms with Crippen molar-refractivity contribution in [1.82, 2.24) is 0 Å². The number of rotatable bonds is 3. The fourth-order valence-corrected chi connectivity index (χ4v) is 3.52. The molecule has 136 valence electrons. The molecule has 1 aliphatic heterocycles. The molecule has 1 atom stereocenters. The minimum Gasteiger partial charge on any atom is -0.443 e. The lowest BCUT2D eigenvalue weighted by Crippen LogP contribution is -2.39. The average molecular weight is 342 g/mol. The minimum atomic E-state index is -0.468. The highest BCUT2D eigenvalue weighted by atomic mass is 16.6. The van der Waals surface area contributed by atoms with Gasteiger partial charge in [0.2, 0.25) is 0 Å². The van der Waals surface area contributed by atoms with E-state index in [1.165, 1.54) is 24.8 Å². The number of aryl methyl sites for hydroxylation is 1. The molecule has 0 aromatic heterocycles. The number of ether oxygens (including phenoxy) is 1. The summed E-state index contributed by atoms with van der Waals surface area (Å²) in [4.78, 5) is 14.3. The number of hydrogen-bond acceptors (Lipinski definition) is 3. The van der Waals surface area contributed by atoms with Crippen LogP contribution in [0.1, 0.15) is 52.0 Å². The van der Waals surface area contributed by atoms with Crippen LogP contribution >= 0.6 is 0 Å². The maximum Gasteiger partial charge on any atom is 0.414 e. The van der Waals surface area contributed by atoms with E-state index < -0.39 is 5.60 Å². The number of amides is 1. The number of nitrogens with one attached hydrogen (secondary N) is 1. The first-order valence-corrected chi connectivity index (χ1v) is 9.45. The third kappa shape index (κ3) is 4.77. The molecular formula is C21H30N2O2. The van der Waals surface area contributed by atoms with E-state index >= 15 is 0 Å². The lowest BCUT2D eigenvalue weighted by atomic mass is 9.94. The highest BCUT2D eigenvalue weighted by Gasteiger charge is 2.27. The quantitative estimate of drug-likeness (QED) is 0.773. The lowest BCUT2D eigenvalue weighted by molar-refractivity contribution is 0.0578. The molecule has 0 bridgehead atoms. The highest BCUT2D eigenvalue weighted by molar-refractivity contribution is 5.90. The second kappa shape index (κ2) is 7.51. The third-order valence-electron chi connectivity index (χ3n) is 4.78. The summed E-state index contributed by atoms with van der Waals surface area (Å²) in [5.41, 5.74) is 2.90. The van der Waals surface area contributed by atoms with Gasteiger partial charge >= 0.3 is 6.09 Å². The zero-order valence-corrected chi connectivity index (χ0v) is 15.7. The molecular weight excluding hydrogens is 312 g/mol. The zero-order chi connectivity index (χ0) is 17.9. The maximum absolute atomic E-state index is 12.5. The van der Waals surface area contributed by atoms with Gasteiger partial charge in [-0.15, -0.1) is 0 Å². The van der Waals surface area contributed by atoms with Crippen LogP contribution in [0.5, 0.6) is 0 Å². The summed E-state index contributed by atoms with van der Waals surface area (Å²) < 4.78 is 5.56. The fourth-order valence-electron chi connectivity index (χ4n) is 3.52. The van der Waals surface area contributed by atoms with Gasteiger partial charge in [-0.05, 0) is 82.6 Å². The number of hydrogen-bond donors (Lipinski definition) is 1. The monoisotopic (exact) mass is 342 g/mol. The Kier molecular flexibility index (Phi) is 5.36. The number of fused-ring (bicyclic) bond motifs is 1. The predicted octanol–water partition coefficient (Wildman–Crippen LogP) is 5.14. The van der Waals surface area contributed by atoms with Crippen LogP contribution < -0.4 is 10.2 Å². The lowest BCUT2D eigenvalue weighted by Gasteiger charge is -2.32. The number of allylic oxidation sites excluding steroid dienone is 2. The summed E-state index contributed by atoms with van der Waals surface area (Å²) in [5, 5.41) is 3.58. The number of anilines is 2. The summed E-state index contributed by atoms with van der Waals surface area (Å²) in [6, 6.07) is 6.34.